The number of pyridine rings is 1. The molecule has 0 saturated carbocycles. The number of aryl methyl sites for hydroxylation is 1. The van der Waals surface area contributed by atoms with Gasteiger partial charge in [0.25, 0.3) is 0 Å². The first-order valence-corrected chi connectivity index (χ1v) is 8.55. The van der Waals surface area contributed by atoms with Gasteiger partial charge in [0, 0.05) is 44.0 Å². The summed E-state index contributed by atoms with van der Waals surface area (Å²) in [4.78, 5) is 12.2. The molecule has 22 heavy (non-hydrogen) atoms. The minimum Gasteiger partial charge on any atom is -0.376 e. The molecule has 1 atom stereocenters. The molecule has 1 fully saturated rings. The van der Waals surface area contributed by atoms with Crippen molar-refractivity contribution in [2.45, 2.75) is 25.5 Å². The Bertz CT molecular complexity index is 575. The van der Waals surface area contributed by atoms with Gasteiger partial charge in [0.1, 0.15) is 5.82 Å². The molecular formula is C16H22N4OS. The van der Waals surface area contributed by atoms with Crippen molar-refractivity contribution in [1.82, 2.24) is 14.9 Å². The SMILES string of the molecule is CNc1cc(CC[C@H]2CN(Cc3cncs3)CCO2)ccn1. The van der Waals surface area contributed by atoms with Gasteiger partial charge in [-0.2, -0.15) is 0 Å². The van der Waals surface area contributed by atoms with Crippen LogP contribution in [-0.4, -0.2) is 47.7 Å². The Labute approximate surface area is 135 Å². The number of ether oxygens (including phenoxy) is 1. The van der Waals surface area contributed by atoms with Crippen LogP contribution in [0, 0.1) is 0 Å². The topological polar surface area (TPSA) is 50.3 Å². The predicted molar refractivity (Wildman–Crippen MR) is 89.2 cm³/mol. The smallest absolute Gasteiger partial charge is 0.125 e. The van der Waals surface area contributed by atoms with Crippen LogP contribution in [-0.2, 0) is 17.7 Å². The van der Waals surface area contributed by atoms with Crippen molar-refractivity contribution in [2.75, 3.05) is 32.1 Å². The van der Waals surface area contributed by atoms with Crippen LogP contribution < -0.4 is 5.32 Å². The van der Waals surface area contributed by atoms with Crippen molar-refractivity contribution in [3.05, 3.63) is 40.5 Å². The minimum atomic E-state index is 0.313. The Balaban J connectivity index is 1.49. The maximum Gasteiger partial charge on any atom is 0.125 e. The summed E-state index contributed by atoms with van der Waals surface area (Å²) >= 11 is 1.72. The molecule has 1 aliphatic heterocycles. The van der Waals surface area contributed by atoms with Crippen LogP contribution in [0.15, 0.2) is 30.0 Å². The molecule has 0 unspecified atom stereocenters. The van der Waals surface area contributed by atoms with Gasteiger partial charge >= 0.3 is 0 Å². The molecule has 0 bridgehead atoms. The van der Waals surface area contributed by atoms with Gasteiger partial charge in [0.05, 0.1) is 18.2 Å². The van der Waals surface area contributed by atoms with Gasteiger partial charge in [-0.15, -0.1) is 11.3 Å². The van der Waals surface area contributed by atoms with E-state index >= 15 is 0 Å². The lowest BCUT2D eigenvalue weighted by molar-refractivity contribution is -0.0342. The first-order chi connectivity index (χ1) is 10.8. The van der Waals surface area contributed by atoms with E-state index in [4.69, 9.17) is 4.74 Å². The lowest BCUT2D eigenvalue weighted by Gasteiger charge is -2.32. The van der Waals surface area contributed by atoms with Crippen LogP contribution in [0.25, 0.3) is 0 Å². The molecule has 6 heteroatoms. The summed E-state index contributed by atoms with van der Waals surface area (Å²) in [6.07, 6.45) is 6.21. The van der Waals surface area contributed by atoms with Crippen molar-refractivity contribution in [3.63, 3.8) is 0 Å². The first-order valence-electron chi connectivity index (χ1n) is 7.67. The van der Waals surface area contributed by atoms with Crippen molar-refractivity contribution >= 4 is 17.2 Å². The Morgan fingerprint density at radius 3 is 3.27 bits per heavy atom. The van der Waals surface area contributed by atoms with E-state index < -0.39 is 0 Å². The number of hydrogen-bond acceptors (Lipinski definition) is 6. The molecule has 2 aromatic rings. The summed E-state index contributed by atoms with van der Waals surface area (Å²) in [5.74, 6) is 0.925. The molecule has 0 aromatic carbocycles. The lowest BCUT2D eigenvalue weighted by Crippen LogP contribution is -2.41. The van der Waals surface area contributed by atoms with E-state index in [9.17, 15) is 0 Å². The highest BCUT2D eigenvalue weighted by Gasteiger charge is 2.20. The van der Waals surface area contributed by atoms with Crippen molar-refractivity contribution in [3.8, 4) is 0 Å². The molecule has 118 valence electrons. The fraction of sp³-hybridized carbons (Fsp3) is 0.500. The number of anilines is 1. The summed E-state index contributed by atoms with van der Waals surface area (Å²) in [7, 11) is 1.90. The van der Waals surface area contributed by atoms with E-state index in [0.717, 1.165) is 44.9 Å². The predicted octanol–water partition coefficient (Wildman–Crippen LogP) is 2.41. The summed E-state index contributed by atoms with van der Waals surface area (Å²) in [6, 6.07) is 4.19. The Hall–Kier alpha value is -1.50. The highest BCUT2D eigenvalue weighted by Crippen LogP contribution is 2.17. The summed E-state index contributed by atoms with van der Waals surface area (Å²) in [5, 5.41) is 3.08. The van der Waals surface area contributed by atoms with Crippen LogP contribution in [0.1, 0.15) is 16.9 Å². The summed E-state index contributed by atoms with van der Waals surface area (Å²) < 4.78 is 5.92. The molecule has 0 radical (unpaired) electrons. The highest BCUT2D eigenvalue weighted by molar-refractivity contribution is 7.09. The zero-order chi connectivity index (χ0) is 15.2. The zero-order valence-corrected chi connectivity index (χ0v) is 13.7. The maximum atomic E-state index is 5.92. The highest BCUT2D eigenvalue weighted by atomic mass is 32.1. The Kier molecular flexibility index (Phi) is 5.37. The number of rotatable bonds is 6. The standard InChI is InChI=1S/C16H22N4OS/c1-17-16-8-13(4-5-19-16)2-3-14-10-20(6-7-21-14)11-15-9-18-12-22-15/h4-5,8-9,12,14H,2-3,6-7,10-11H2,1H3,(H,17,19)/t14-/m0/s1. The van der Waals surface area contributed by atoms with Crippen LogP contribution in [0.2, 0.25) is 0 Å². The Morgan fingerprint density at radius 1 is 1.50 bits per heavy atom. The first kappa shape index (κ1) is 15.4. The number of nitrogens with zero attached hydrogens (tertiary/aromatic N) is 3. The maximum absolute atomic E-state index is 5.92. The van der Waals surface area contributed by atoms with Gasteiger partial charge in [-0.3, -0.25) is 9.88 Å². The average Bonchev–Trinajstić information content (AvgIpc) is 3.06. The third-order valence-corrected chi connectivity index (χ3v) is 4.69. The Morgan fingerprint density at radius 2 is 2.45 bits per heavy atom. The molecule has 2 aromatic heterocycles. The number of morpholine rings is 1. The monoisotopic (exact) mass is 318 g/mol. The van der Waals surface area contributed by atoms with Crippen molar-refractivity contribution in [2.24, 2.45) is 0 Å². The minimum absolute atomic E-state index is 0.313. The van der Waals surface area contributed by atoms with E-state index in [1.165, 1.54) is 10.4 Å². The average molecular weight is 318 g/mol. The third-order valence-electron chi connectivity index (χ3n) is 3.92. The van der Waals surface area contributed by atoms with E-state index in [2.05, 4.69) is 32.3 Å². The van der Waals surface area contributed by atoms with Gasteiger partial charge in [-0.25, -0.2) is 4.98 Å². The number of aromatic nitrogens is 2. The molecule has 0 aliphatic carbocycles. The van der Waals surface area contributed by atoms with Gasteiger partial charge in [0.2, 0.25) is 0 Å². The molecule has 3 rings (SSSR count). The zero-order valence-electron chi connectivity index (χ0n) is 12.9. The van der Waals surface area contributed by atoms with Crippen molar-refractivity contribution < 1.29 is 4.74 Å². The van der Waals surface area contributed by atoms with Crippen LogP contribution in [0.3, 0.4) is 0 Å². The van der Waals surface area contributed by atoms with Crippen LogP contribution in [0.4, 0.5) is 5.82 Å². The molecule has 5 nitrogen and oxygen atoms in total. The van der Waals surface area contributed by atoms with E-state index in [-0.39, 0.29) is 0 Å². The number of nitrogens with one attached hydrogen (secondary N) is 1. The second kappa shape index (κ2) is 7.67. The number of hydrogen-bond donors (Lipinski definition) is 1. The largest absolute Gasteiger partial charge is 0.376 e. The third kappa shape index (κ3) is 4.25. The second-order valence-corrected chi connectivity index (χ2v) is 6.50. The normalized spacial score (nSPS) is 19.2. The number of thiazole rings is 1. The van der Waals surface area contributed by atoms with E-state index in [0.29, 0.717) is 6.10 Å². The summed E-state index contributed by atoms with van der Waals surface area (Å²) in [6.45, 7) is 3.82. The quantitative estimate of drug-likeness (QED) is 0.886. The molecule has 0 amide bonds. The van der Waals surface area contributed by atoms with Gasteiger partial charge < -0.3 is 10.1 Å². The fourth-order valence-corrected chi connectivity index (χ4v) is 3.37. The second-order valence-electron chi connectivity index (χ2n) is 5.53. The molecule has 1 aliphatic rings. The van der Waals surface area contributed by atoms with Gasteiger partial charge in [0.15, 0.2) is 0 Å². The van der Waals surface area contributed by atoms with E-state index in [1.807, 2.05) is 25.0 Å². The van der Waals surface area contributed by atoms with Gasteiger partial charge in [-0.05, 0) is 30.5 Å². The van der Waals surface area contributed by atoms with Crippen LogP contribution >= 0.6 is 11.3 Å². The van der Waals surface area contributed by atoms with Crippen LogP contribution in [0.5, 0.6) is 0 Å². The molecule has 0 spiro atoms. The fourth-order valence-electron chi connectivity index (χ4n) is 2.73. The lowest BCUT2D eigenvalue weighted by atomic mass is 10.1. The molecule has 1 saturated heterocycles. The molecular weight excluding hydrogens is 296 g/mol. The van der Waals surface area contributed by atoms with Crippen molar-refractivity contribution in [1.29, 1.82) is 0 Å². The van der Waals surface area contributed by atoms with Gasteiger partial charge in [-0.1, -0.05) is 0 Å². The van der Waals surface area contributed by atoms with E-state index in [1.54, 1.807) is 11.3 Å². The molecule has 1 N–H and O–H groups in total. The summed E-state index contributed by atoms with van der Waals surface area (Å²) in [5.41, 5.74) is 3.21. The molecule has 3 heterocycles.